The standard InChI is InChI=1S/C18H16N4O4/c1-21-14(9-16(24)22(2)18(21)26)17(25)20-19-10-13-12-6-4-3-5-11(12)7-8-15(13)23/h3-10,23H,1-2H3,(H,20,25). The number of nitrogens with one attached hydrogen (secondary N) is 1. The lowest BCUT2D eigenvalue weighted by Crippen LogP contribution is -2.40. The summed E-state index contributed by atoms with van der Waals surface area (Å²) < 4.78 is 1.95. The number of nitrogens with zero attached hydrogens (tertiary/aromatic N) is 3. The van der Waals surface area contributed by atoms with Gasteiger partial charge in [0, 0.05) is 25.7 Å². The van der Waals surface area contributed by atoms with Gasteiger partial charge in [-0.3, -0.25) is 18.7 Å². The molecule has 0 bridgehead atoms. The number of carbonyl (C=O) groups excluding carboxylic acids is 1. The molecule has 0 fully saturated rings. The fraction of sp³-hybridized carbons (Fsp3) is 0.111. The van der Waals surface area contributed by atoms with E-state index in [1.54, 1.807) is 6.07 Å². The van der Waals surface area contributed by atoms with Gasteiger partial charge in [-0.2, -0.15) is 5.10 Å². The summed E-state index contributed by atoms with van der Waals surface area (Å²) in [5, 5.41) is 15.6. The first-order valence-corrected chi connectivity index (χ1v) is 7.71. The molecule has 1 aromatic heterocycles. The smallest absolute Gasteiger partial charge is 0.331 e. The molecular weight excluding hydrogens is 336 g/mol. The fourth-order valence-electron chi connectivity index (χ4n) is 2.58. The second kappa shape index (κ2) is 6.67. The molecule has 0 atom stereocenters. The third-order valence-corrected chi connectivity index (χ3v) is 4.07. The molecule has 3 rings (SSSR count). The van der Waals surface area contributed by atoms with Crippen LogP contribution in [0.3, 0.4) is 0 Å². The minimum atomic E-state index is -0.710. The Morgan fingerprint density at radius 1 is 1.12 bits per heavy atom. The van der Waals surface area contributed by atoms with Crippen molar-refractivity contribution in [1.29, 1.82) is 0 Å². The van der Waals surface area contributed by atoms with Crippen LogP contribution in [0.25, 0.3) is 10.8 Å². The Kier molecular flexibility index (Phi) is 4.40. The average molecular weight is 352 g/mol. The molecule has 0 unspecified atom stereocenters. The lowest BCUT2D eigenvalue weighted by atomic mass is 10.0. The van der Waals surface area contributed by atoms with Crippen molar-refractivity contribution in [2.75, 3.05) is 0 Å². The van der Waals surface area contributed by atoms with E-state index in [4.69, 9.17) is 0 Å². The van der Waals surface area contributed by atoms with Crippen molar-refractivity contribution in [1.82, 2.24) is 14.6 Å². The number of aromatic nitrogens is 2. The number of amides is 1. The van der Waals surface area contributed by atoms with Gasteiger partial charge in [-0.25, -0.2) is 10.2 Å². The zero-order valence-corrected chi connectivity index (χ0v) is 14.1. The number of carbonyl (C=O) groups is 1. The van der Waals surface area contributed by atoms with E-state index in [9.17, 15) is 19.5 Å². The number of phenolic OH excluding ortho intramolecular Hbond substituents is 1. The van der Waals surface area contributed by atoms with Crippen LogP contribution in [0, 0.1) is 0 Å². The molecular formula is C18H16N4O4. The molecule has 0 saturated heterocycles. The molecule has 2 N–H and O–H groups in total. The number of benzene rings is 2. The van der Waals surface area contributed by atoms with Crippen molar-refractivity contribution in [2.45, 2.75) is 0 Å². The van der Waals surface area contributed by atoms with E-state index < -0.39 is 17.2 Å². The lowest BCUT2D eigenvalue weighted by Gasteiger charge is -2.08. The minimum Gasteiger partial charge on any atom is -0.507 e. The quantitative estimate of drug-likeness (QED) is 0.535. The molecule has 0 saturated carbocycles. The Bertz CT molecular complexity index is 1160. The number of hydrogen-bond acceptors (Lipinski definition) is 5. The van der Waals surface area contributed by atoms with Gasteiger partial charge >= 0.3 is 5.69 Å². The average Bonchev–Trinajstić information content (AvgIpc) is 2.64. The zero-order chi connectivity index (χ0) is 18.8. The van der Waals surface area contributed by atoms with Crippen LogP contribution < -0.4 is 16.7 Å². The summed E-state index contributed by atoms with van der Waals surface area (Å²) in [6.45, 7) is 0. The molecule has 0 aliphatic rings. The Labute approximate surface area is 147 Å². The maximum atomic E-state index is 12.2. The van der Waals surface area contributed by atoms with Gasteiger partial charge in [0.15, 0.2) is 0 Å². The van der Waals surface area contributed by atoms with Crippen LogP contribution in [0.15, 0.2) is 57.2 Å². The summed E-state index contributed by atoms with van der Waals surface area (Å²) in [5.41, 5.74) is 1.40. The molecule has 1 amide bonds. The number of hydrazone groups is 1. The van der Waals surface area contributed by atoms with Gasteiger partial charge in [-0.15, -0.1) is 0 Å². The predicted molar refractivity (Wildman–Crippen MR) is 97.6 cm³/mol. The van der Waals surface area contributed by atoms with E-state index in [1.165, 1.54) is 26.4 Å². The van der Waals surface area contributed by atoms with Crippen LogP contribution in [0.2, 0.25) is 0 Å². The zero-order valence-electron chi connectivity index (χ0n) is 14.1. The van der Waals surface area contributed by atoms with E-state index in [1.807, 2.05) is 24.3 Å². The van der Waals surface area contributed by atoms with E-state index in [2.05, 4.69) is 10.5 Å². The van der Waals surface area contributed by atoms with E-state index >= 15 is 0 Å². The van der Waals surface area contributed by atoms with Gasteiger partial charge in [-0.1, -0.05) is 30.3 Å². The third-order valence-electron chi connectivity index (χ3n) is 4.07. The summed E-state index contributed by atoms with van der Waals surface area (Å²) >= 11 is 0. The summed E-state index contributed by atoms with van der Waals surface area (Å²) in [4.78, 5) is 35.8. The summed E-state index contributed by atoms with van der Waals surface area (Å²) in [5.74, 6) is -0.694. The van der Waals surface area contributed by atoms with Gasteiger partial charge in [0.05, 0.1) is 6.21 Å². The maximum absolute atomic E-state index is 12.2. The Morgan fingerprint density at radius 2 is 1.85 bits per heavy atom. The first-order chi connectivity index (χ1) is 12.4. The van der Waals surface area contributed by atoms with Crippen LogP contribution >= 0.6 is 0 Å². The number of fused-ring (bicyclic) bond motifs is 1. The van der Waals surface area contributed by atoms with Gasteiger partial charge in [0.1, 0.15) is 11.4 Å². The van der Waals surface area contributed by atoms with E-state index in [0.29, 0.717) is 5.56 Å². The molecule has 2 aromatic carbocycles. The molecule has 0 aliphatic carbocycles. The second-order valence-corrected chi connectivity index (χ2v) is 5.69. The molecule has 3 aromatic rings. The highest BCUT2D eigenvalue weighted by Crippen LogP contribution is 2.25. The normalized spacial score (nSPS) is 11.2. The topological polar surface area (TPSA) is 106 Å². The molecule has 132 valence electrons. The van der Waals surface area contributed by atoms with Gasteiger partial charge < -0.3 is 5.11 Å². The Hall–Kier alpha value is -3.68. The summed E-state index contributed by atoms with van der Waals surface area (Å²) in [6, 6.07) is 11.8. The number of hydrogen-bond donors (Lipinski definition) is 2. The highest BCUT2D eigenvalue weighted by atomic mass is 16.3. The van der Waals surface area contributed by atoms with Gasteiger partial charge in [-0.05, 0) is 16.8 Å². The largest absolute Gasteiger partial charge is 0.507 e. The number of rotatable bonds is 3. The van der Waals surface area contributed by atoms with Crippen molar-refractivity contribution < 1.29 is 9.90 Å². The minimum absolute atomic E-state index is 0.0164. The molecule has 0 spiro atoms. The van der Waals surface area contributed by atoms with Crippen molar-refractivity contribution in [3.63, 3.8) is 0 Å². The third kappa shape index (κ3) is 3.00. The van der Waals surface area contributed by atoms with Crippen molar-refractivity contribution in [2.24, 2.45) is 19.2 Å². The van der Waals surface area contributed by atoms with Crippen LogP contribution in [0.5, 0.6) is 5.75 Å². The van der Waals surface area contributed by atoms with E-state index in [-0.39, 0.29) is 11.4 Å². The second-order valence-electron chi connectivity index (χ2n) is 5.69. The molecule has 0 aliphatic heterocycles. The van der Waals surface area contributed by atoms with Crippen LogP contribution in [-0.2, 0) is 14.1 Å². The highest BCUT2D eigenvalue weighted by Gasteiger charge is 2.13. The summed E-state index contributed by atoms with van der Waals surface area (Å²) in [7, 11) is 2.71. The Morgan fingerprint density at radius 3 is 2.62 bits per heavy atom. The van der Waals surface area contributed by atoms with Crippen LogP contribution in [0.4, 0.5) is 0 Å². The van der Waals surface area contributed by atoms with Crippen molar-refractivity contribution in [3.8, 4) is 5.75 Å². The summed E-state index contributed by atoms with van der Waals surface area (Å²) in [6.07, 6.45) is 1.31. The Balaban J connectivity index is 1.91. The lowest BCUT2D eigenvalue weighted by molar-refractivity contribution is 0.0945. The maximum Gasteiger partial charge on any atom is 0.331 e. The number of phenols is 1. The van der Waals surface area contributed by atoms with E-state index in [0.717, 1.165) is 26.0 Å². The first kappa shape index (κ1) is 17.2. The first-order valence-electron chi connectivity index (χ1n) is 7.71. The van der Waals surface area contributed by atoms with Crippen LogP contribution in [0.1, 0.15) is 16.1 Å². The fourth-order valence-corrected chi connectivity index (χ4v) is 2.58. The number of aromatic hydroxyl groups is 1. The SMILES string of the molecule is Cn1c(C(=O)NN=Cc2c(O)ccc3ccccc23)cc(=O)n(C)c1=O. The molecule has 8 heteroatoms. The highest BCUT2D eigenvalue weighted by molar-refractivity contribution is 6.03. The van der Waals surface area contributed by atoms with Crippen LogP contribution in [-0.4, -0.2) is 26.4 Å². The molecule has 8 nitrogen and oxygen atoms in total. The molecule has 0 radical (unpaired) electrons. The monoisotopic (exact) mass is 352 g/mol. The predicted octanol–water partition coefficient (Wildman–Crippen LogP) is 0.707. The van der Waals surface area contributed by atoms with Crippen molar-refractivity contribution in [3.05, 3.63) is 74.6 Å². The van der Waals surface area contributed by atoms with Gasteiger partial charge in [0.25, 0.3) is 11.5 Å². The molecule has 26 heavy (non-hydrogen) atoms. The molecule has 1 heterocycles. The van der Waals surface area contributed by atoms with Crippen molar-refractivity contribution >= 4 is 22.9 Å². The van der Waals surface area contributed by atoms with Gasteiger partial charge in [0.2, 0.25) is 0 Å².